The van der Waals surface area contributed by atoms with Gasteiger partial charge in [-0.05, 0) is 68.1 Å². The van der Waals surface area contributed by atoms with Crippen LogP contribution in [-0.4, -0.2) is 0 Å². The van der Waals surface area contributed by atoms with E-state index in [1.807, 2.05) is 34.0 Å². The molecular formula is C44H24S3. The Kier molecular flexibility index (Phi) is 5.39. The standard InChI is InChI=1S/C44H24S3/c1-3-13-25(14-4-1)37-27-17-7-8-18-28(27)38(26-15-5-2-6-16-26)32-24-36-33(23-31(32)37)41-43-39(29-19-9-12-22-35(29)46-43)42-40(44(41)47-36)30-20-10-11-21-34(30)45-42/h1-24H. The number of fused-ring (bicyclic) bond motifs is 14. The predicted octanol–water partition coefficient (Wildman–Crippen LogP) is 14.4. The van der Waals surface area contributed by atoms with Gasteiger partial charge in [-0.1, -0.05) is 121 Å². The highest BCUT2D eigenvalue weighted by Crippen LogP contribution is 2.54. The molecule has 218 valence electrons. The van der Waals surface area contributed by atoms with E-state index in [2.05, 4.69) is 146 Å². The zero-order chi connectivity index (χ0) is 30.6. The van der Waals surface area contributed by atoms with Crippen LogP contribution in [0.25, 0.3) is 104 Å². The minimum absolute atomic E-state index is 1.26. The van der Waals surface area contributed by atoms with Crippen molar-refractivity contribution in [1.29, 1.82) is 0 Å². The molecule has 47 heavy (non-hydrogen) atoms. The molecule has 0 radical (unpaired) electrons. The van der Waals surface area contributed by atoms with E-state index in [9.17, 15) is 0 Å². The molecule has 0 amide bonds. The Morgan fingerprint density at radius 3 is 1.17 bits per heavy atom. The molecule has 0 aliphatic carbocycles. The largest absolute Gasteiger partial charge is 0.134 e. The van der Waals surface area contributed by atoms with Crippen LogP contribution in [0.5, 0.6) is 0 Å². The van der Waals surface area contributed by atoms with Gasteiger partial charge in [0.15, 0.2) is 0 Å². The first-order valence-electron chi connectivity index (χ1n) is 15.9. The molecule has 11 aromatic rings. The normalized spacial score (nSPS) is 12.3. The molecule has 0 spiro atoms. The fraction of sp³-hybridized carbons (Fsp3) is 0. The molecule has 3 heteroatoms. The number of hydrogen-bond donors (Lipinski definition) is 0. The molecule has 0 atom stereocenters. The lowest BCUT2D eigenvalue weighted by Gasteiger charge is -2.18. The predicted molar refractivity (Wildman–Crippen MR) is 211 cm³/mol. The number of rotatable bonds is 2. The third-order valence-corrected chi connectivity index (χ3v) is 13.4. The highest BCUT2D eigenvalue weighted by Gasteiger charge is 2.23. The number of benzene rings is 8. The minimum Gasteiger partial charge on any atom is -0.134 e. The van der Waals surface area contributed by atoms with Gasteiger partial charge in [-0.15, -0.1) is 34.0 Å². The summed E-state index contributed by atoms with van der Waals surface area (Å²) in [6.07, 6.45) is 0. The number of thiophene rings is 3. The molecule has 11 rings (SSSR count). The van der Waals surface area contributed by atoms with Crippen LogP contribution in [-0.2, 0) is 0 Å². The molecule has 0 bridgehead atoms. The van der Waals surface area contributed by atoms with Crippen molar-refractivity contribution < 1.29 is 0 Å². The summed E-state index contributed by atoms with van der Waals surface area (Å²) in [5.41, 5.74) is 5.14. The minimum atomic E-state index is 1.26. The van der Waals surface area contributed by atoms with E-state index < -0.39 is 0 Å². The molecule has 0 saturated carbocycles. The van der Waals surface area contributed by atoms with Gasteiger partial charge in [0, 0.05) is 60.5 Å². The van der Waals surface area contributed by atoms with Crippen molar-refractivity contribution in [3.8, 4) is 22.3 Å². The average Bonchev–Trinajstić information content (AvgIpc) is 3.81. The van der Waals surface area contributed by atoms with E-state index in [4.69, 9.17) is 0 Å². The van der Waals surface area contributed by atoms with Gasteiger partial charge in [0.1, 0.15) is 0 Å². The quantitative estimate of drug-likeness (QED) is 0.164. The Morgan fingerprint density at radius 2 is 0.660 bits per heavy atom. The molecule has 0 aliphatic heterocycles. The first kappa shape index (κ1) is 26.1. The van der Waals surface area contributed by atoms with Crippen molar-refractivity contribution >= 4 is 116 Å². The summed E-state index contributed by atoms with van der Waals surface area (Å²) >= 11 is 5.88. The molecular weight excluding hydrogens is 625 g/mol. The maximum absolute atomic E-state index is 2.54. The van der Waals surface area contributed by atoms with Crippen molar-refractivity contribution in [3.63, 3.8) is 0 Å². The Labute approximate surface area is 282 Å². The van der Waals surface area contributed by atoms with E-state index in [1.54, 1.807) is 0 Å². The van der Waals surface area contributed by atoms with Crippen LogP contribution in [0.15, 0.2) is 146 Å². The van der Waals surface area contributed by atoms with Crippen LogP contribution in [0.4, 0.5) is 0 Å². The molecule has 0 nitrogen and oxygen atoms in total. The highest BCUT2D eigenvalue weighted by molar-refractivity contribution is 7.33. The summed E-state index contributed by atoms with van der Waals surface area (Å²) in [4.78, 5) is 0. The summed E-state index contributed by atoms with van der Waals surface area (Å²) in [6, 6.07) is 54.0. The van der Waals surface area contributed by atoms with Gasteiger partial charge in [-0.2, -0.15) is 0 Å². The zero-order valence-corrected chi connectivity index (χ0v) is 27.5. The Balaban J connectivity index is 1.42. The van der Waals surface area contributed by atoms with Gasteiger partial charge in [0.05, 0.1) is 0 Å². The summed E-state index contributed by atoms with van der Waals surface area (Å²) in [5, 5.41) is 13.5. The van der Waals surface area contributed by atoms with Crippen LogP contribution in [0.2, 0.25) is 0 Å². The summed E-state index contributed by atoms with van der Waals surface area (Å²) in [6.45, 7) is 0. The lowest BCUT2D eigenvalue weighted by atomic mass is 9.85. The van der Waals surface area contributed by atoms with Crippen LogP contribution >= 0.6 is 34.0 Å². The molecule has 0 aliphatic rings. The second-order valence-electron chi connectivity index (χ2n) is 12.3. The smallest absolute Gasteiger partial charge is 0.0463 e. The lowest BCUT2D eigenvalue weighted by molar-refractivity contribution is 1.66. The zero-order valence-electron chi connectivity index (χ0n) is 25.1. The van der Waals surface area contributed by atoms with Gasteiger partial charge in [-0.3, -0.25) is 0 Å². The maximum atomic E-state index is 2.54. The second-order valence-corrected chi connectivity index (χ2v) is 15.5. The Hall–Kier alpha value is -5.06. The Morgan fingerprint density at radius 1 is 0.277 bits per heavy atom. The first-order valence-corrected chi connectivity index (χ1v) is 18.4. The SMILES string of the molecule is c1ccc(-c2c3ccccc3c(-c3ccccc3)c3cc4c(cc23)sc2c3c5ccccc5sc3c3c5ccccc5sc3c42)cc1. The molecule has 0 unspecified atom stereocenters. The topological polar surface area (TPSA) is 0 Å². The molecule has 8 aromatic carbocycles. The van der Waals surface area contributed by atoms with Crippen LogP contribution in [0, 0.1) is 0 Å². The maximum Gasteiger partial charge on any atom is 0.0463 e. The molecule has 3 heterocycles. The average molecular weight is 649 g/mol. The summed E-state index contributed by atoms with van der Waals surface area (Å²) < 4.78 is 8.31. The van der Waals surface area contributed by atoms with Crippen LogP contribution < -0.4 is 0 Å². The van der Waals surface area contributed by atoms with Gasteiger partial charge in [-0.25, -0.2) is 0 Å². The highest BCUT2D eigenvalue weighted by atomic mass is 32.1. The van der Waals surface area contributed by atoms with Gasteiger partial charge >= 0.3 is 0 Å². The summed E-state index contributed by atoms with van der Waals surface area (Å²) in [5.74, 6) is 0. The van der Waals surface area contributed by atoms with E-state index in [-0.39, 0.29) is 0 Å². The summed E-state index contributed by atoms with van der Waals surface area (Å²) in [7, 11) is 0. The van der Waals surface area contributed by atoms with E-state index >= 15 is 0 Å². The fourth-order valence-electron chi connectivity index (χ4n) is 7.89. The lowest BCUT2D eigenvalue weighted by Crippen LogP contribution is -1.90. The third kappa shape index (κ3) is 3.57. The second kappa shape index (κ2) is 9.73. The fourth-order valence-corrected chi connectivity index (χ4v) is 11.9. The molecule has 0 N–H and O–H groups in total. The van der Waals surface area contributed by atoms with Crippen molar-refractivity contribution in [2.75, 3.05) is 0 Å². The monoisotopic (exact) mass is 648 g/mol. The van der Waals surface area contributed by atoms with Crippen molar-refractivity contribution in [1.82, 2.24) is 0 Å². The number of hydrogen-bond acceptors (Lipinski definition) is 3. The molecule has 0 fully saturated rings. The van der Waals surface area contributed by atoms with Crippen LogP contribution in [0.1, 0.15) is 0 Å². The third-order valence-electron chi connectivity index (χ3n) is 9.83. The van der Waals surface area contributed by atoms with Gasteiger partial charge < -0.3 is 0 Å². The van der Waals surface area contributed by atoms with Crippen LogP contribution in [0.3, 0.4) is 0 Å². The first-order chi connectivity index (χ1) is 23.3. The van der Waals surface area contributed by atoms with Crippen molar-refractivity contribution in [3.05, 3.63) is 146 Å². The van der Waals surface area contributed by atoms with Crippen molar-refractivity contribution in [2.24, 2.45) is 0 Å². The molecule has 0 saturated heterocycles. The van der Waals surface area contributed by atoms with E-state index in [0.29, 0.717) is 0 Å². The van der Waals surface area contributed by atoms with E-state index in [0.717, 1.165) is 0 Å². The molecule has 3 aromatic heterocycles. The Bertz CT molecular complexity index is 3050. The van der Waals surface area contributed by atoms with Gasteiger partial charge in [0.2, 0.25) is 0 Å². The van der Waals surface area contributed by atoms with E-state index in [1.165, 1.54) is 104 Å². The van der Waals surface area contributed by atoms with Gasteiger partial charge in [0.25, 0.3) is 0 Å². The van der Waals surface area contributed by atoms with Crippen molar-refractivity contribution in [2.45, 2.75) is 0 Å².